The van der Waals surface area contributed by atoms with Crippen LogP contribution in [0.15, 0.2) is 22.6 Å². The van der Waals surface area contributed by atoms with Crippen LogP contribution in [0.4, 0.5) is 0 Å². The molecule has 1 aromatic carbocycles. The largest absolute Gasteiger partial charge is 0.493 e. The van der Waals surface area contributed by atoms with Crippen molar-refractivity contribution in [1.29, 1.82) is 0 Å². The molecule has 6 heteroatoms. The lowest BCUT2D eigenvalue weighted by molar-refractivity contribution is 0.355. The van der Waals surface area contributed by atoms with E-state index in [1.165, 1.54) is 0 Å². The van der Waals surface area contributed by atoms with Gasteiger partial charge in [-0.1, -0.05) is 0 Å². The van der Waals surface area contributed by atoms with Crippen molar-refractivity contribution in [2.45, 2.75) is 13.0 Å². The van der Waals surface area contributed by atoms with Gasteiger partial charge in [0.2, 0.25) is 11.8 Å². The molecule has 2 N–H and O–H groups in total. The van der Waals surface area contributed by atoms with E-state index in [4.69, 9.17) is 19.6 Å². The first kappa shape index (κ1) is 12.4. The minimum absolute atomic E-state index is 0.286. The van der Waals surface area contributed by atoms with E-state index in [-0.39, 0.29) is 6.04 Å². The van der Waals surface area contributed by atoms with E-state index in [9.17, 15) is 0 Å². The second kappa shape index (κ2) is 5.05. The molecule has 0 saturated heterocycles. The molecular formula is C12H15N3O3. The van der Waals surface area contributed by atoms with E-state index in [0.29, 0.717) is 23.3 Å². The van der Waals surface area contributed by atoms with Crippen molar-refractivity contribution in [3.8, 4) is 23.0 Å². The van der Waals surface area contributed by atoms with E-state index in [1.807, 2.05) is 6.07 Å². The maximum Gasteiger partial charge on any atom is 0.247 e. The fourth-order valence-electron chi connectivity index (χ4n) is 1.50. The zero-order chi connectivity index (χ0) is 13.1. The monoisotopic (exact) mass is 249 g/mol. The van der Waals surface area contributed by atoms with Crippen LogP contribution in [0.25, 0.3) is 11.5 Å². The van der Waals surface area contributed by atoms with E-state index in [2.05, 4.69) is 10.2 Å². The molecule has 2 rings (SSSR count). The average molecular weight is 249 g/mol. The summed E-state index contributed by atoms with van der Waals surface area (Å²) in [5, 5.41) is 7.82. The summed E-state index contributed by atoms with van der Waals surface area (Å²) in [4.78, 5) is 0. The van der Waals surface area contributed by atoms with Crippen LogP contribution in [0.1, 0.15) is 18.9 Å². The molecular weight excluding hydrogens is 234 g/mol. The molecule has 0 aliphatic rings. The Morgan fingerprint density at radius 3 is 2.44 bits per heavy atom. The van der Waals surface area contributed by atoms with Crippen molar-refractivity contribution in [1.82, 2.24) is 10.2 Å². The Hall–Kier alpha value is -2.08. The molecule has 0 spiro atoms. The van der Waals surface area contributed by atoms with Gasteiger partial charge in [-0.05, 0) is 25.1 Å². The highest BCUT2D eigenvalue weighted by molar-refractivity contribution is 5.59. The summed E-state index contributed by atoms with van der Waals surface area (Å²) in [7, 11) is 3.15. The van der Waals surface area contributed by atoms with Gasteiger partial charge in [-0.25, -0.2) is 0 Å². The quantitative estimate of drug-likeness (QED) is 0.889. The van der Waals surface area contributed by atoms with Crippen LogP contribution in [0.2, 0.25) is 0 Å². The molecule has 1 aromatic heterocycles. The van der Waals surface area contributed by atoms with E-state index < -0.39 is 0 Å². The summed E-state index contributed by atoms with van der Waals surface area (Å²) in [5.41, 5.74) is 6.42. The van der Waals surface area contributed by atoms with Crippen LogP contribution >= 0.6 is 0 Å². The SMILES string of the molecule is COc1ccc(-c2nnc(C(C)N)o2)cc1OC. The van der Waals surface area contributed by atoms with Crippen LogP contribution in [0.5, 0.6) is 11.5 Å². The molecule has 0 saturated carbocycles. The van der Waals surface area contributed by atoms with Gasteiger partial charge in [-0.2, -0.15) is 0 Å². The van der Waals surface area contributed by atoms with Crippen molar-refractivity contribution in [2.24, 2.45) is 5.73 Å². The maximum absolute atomic E-state index is 5.67. The third kappa shape index (κ3) is 2.28. The van der Waals surface area contributed by atoms with Gasteiger partial charge in [0.15, 0.2) is 11.5 Å². The van der Waals surface area contributed by atoms with Crippen molar-refractivity contribution in [3.05, 3.63) is 24.1 Å². The van der Waals surface area contributed by atoms with Crippen molar-refractivity contribution in [2.75, 3.05) is 14.2 Å². The van der Waals surface area contributed by atoms with Gasteiger partial charge in [0, 0.05) is 5.56 Å². The first-order valence-electron chi connectivity index (χ1n) is 5.47. The maximum atomic E-state index is 5.67. The normalized spacial score (nSPS) is 12.2. The van der Waals surface area contributed by atoms with Gasteiger partial charge in [0.25, 0.3) is 0 Å². The molecule has 1 heterocycles. The Kier molecular flexibility index (Phi) is 3.47. The Morgan fingerprint density at radius 2 is 1.89 bits per heavy atom. The lowest BCUT2D eigenvalue weighted by Gasteiger charge is -2.07. The van der Waals surface area contributed by atoms with Gasteiger partial charge in [0.05, 0.1) is 20.3 Å². The Morgan fingerprint density at radius 1 is 1.17 bits per heavy atom. The molecule has 0 radical (unpaired) electrons. The lowest BCUT2D eigenvalue weighted by atomic mass is 10.2. The molecule has 0 amide bonds. The second-order valence-electron chi connectivity index (χ2n) is 3.80. The minimum atomic E-state index is -0.286. The molecule has 1 atom stereocenters. The number of aromatic nitrogens is 2. The number of hydrogen-bond donors (Lipinski definition) is 1. The van der Waals surface area contributed by atoms with Crippen LogP contribution in [-0.2, 0) is 0 Å². The summed E-state index contributed by atoms with van der Waals surface area (Å²) < 4.78 is 15.8. The number of nitrogens with zero attached hydrogens (tertiary/aromatic N) is 2. The molecule has 1 unspecified atom stereocenters. The first-order chi connectivity index (χ1) is 8.65. The molecule has 0 aliphatic carbocycles. The predicted molar refractivity (Wildman–Crippen MR) is 65.4 cm³/mol. The number of rotatable bonds is 4. The summed E-state index contributed by atoms with van der Waals surface area (Å²) >= 11 is 0. The van der Waals surface area contributed by atoms with E-state index in [1.54, 1.807) is 33.3 Å². The molecule has 6 nitrogen and oxygen atoms in total. The van der Waals surface area contributed by atoms with Gasteiger partial charge in [-0.3, -0.25) is 0 Å². The highest BCUT2D eigenvalue weighted by Gasteiger charge is 2.13. The summed E-state index contributed by atoms with van der Waals surface area (Å²) in [6, 6.07) is 5.09. The summed E-state index contributed by atoms with van der Waals surface area (Å²) in [6.45, 7) is 1.78. The average Bonchev–Trinajstić information content (AvgIpc) is 2.87. The van der Waals surface area contributed by atoms with Gasteiger partial charge in [-0.15, -0.1) is 10.2 Å². The van der Waals surface area contributed by atoms with Crippen LogP contribution in [0.3, 0.4) is 0 Å². The van der Waals surface area contributed by atoms with Gasteiger partial charge in [0.1, 0.15) is 0 Å². The van der Waals surface area contributed by atoms with Crippen LogP contribution in [-0.4, -0.2) is 24.4 Å². The number of nitrogens with two attached hydrogens (primary N) is 1. The molecule has 18 heavy (non-hydrogen) atoms. The molecule has 0 aliphatic heterocycles. The van der Waals surface area contributed by atoms with Gasteiger partial charge >= 0.3 is 0 Å². The lowest BCUT2D eigenvalue weighted by Crippen LogP contribution is -2.04. The molecule has 2 aromatic rings. The smallest absolute Gasteiger partial charge is 0.247 e. The highest BCUT2D eigenvalue weighted by atomic mass is 16.5. The number of hydrogen-bond acceptors (Lipinski definition) is 6. The van der Waals surface area contributed by atoms with Gasteiger partial charge < -0.3 is 19.6 Å². The predicted octanol–water partition coefficient (Wildman–Crippen LogP) is 1.77. The third-order valence-electron chi connectivity index (χ3n) is 2.46. The zero-order valence-corrected chi connectivity index (χ0v) is 10.5. The Bertz CT molecular complexity index is 537. The standard InChI is InChI=1S/C12H15N3O3/c1-7(13)11-14-15-12(18-11)8-4-5-9(16-2)10(6-8)17-3/h4-7H,13H2,1-3H3. The molecule has 96 valence electrons. The number of methoxy groups -OCH3 is 2. The van der Waals surface area contributed by atoms with Crippen LogP contribution in [0, 0.1) is 0 Å². The Balaban J connectivity index is 2.38. The van der Waals surface area contributed by atoms with E-state index in [0.717, 1.165) is 5.56 Å². The zero-order valence-electron chi connectivity index (χ0n) is 10.5. The fraction of sp³-hybridized carbons (Fsp3) is 0.333. The second-order valence-corrected chi connectivity index (χ2v) is 3.80. The van der Waals surface area contributed by atoms with E-state index >= 15 is 0 Å². The molecule has 0 fully saturated rings. The van der Waals surface area contributed by atoms with Crippen molar-refractivity contribution < 1.29 is 13.9 Å². The summed E-state index contributed by atoms with van der Waals surface area (Å²) in [5.74, 6) is 2.06. The Labute approximate surface area is 105 Å². The topological polar surface area (TPSA) is 83.4 Å². The first-order valence-corrected chi connectivity index (χ1v) is 5.47. The third-order valence-corrected chi connectivity index (χ3v) is 2.46. The van der Waals surface area contributed by atoms with Crippen LogP contribution < -0.4 is 15.2 Å². The van der Waals surface area contributed by atoms with Crippen molar-refractivity contribution >= 4 is 0 Å². The number of benzene rings is 1. The number of ether oxygens (including phenoxy) is 2. The molecule has 0 bridgehead atoms. The fourth-order valence-corrected chi connectivity index (χ4v) is 1.50. The highest BCUT2D eigenvalue weighted by Crippen LogP contribution is 2.31. The summed E-state index contributed by atoms with van der Waals surface area (Å²) in [6.07, 6.45) is 0. The van der Waals surface area contributed by atoms with Crippen molar-refractivity contribution in [3.63, 3.8) is 0 Å². The minimum Gasteiger partial charge on any atom is -0.493 e.